The van der Waals surface area contributed by atoms with Crippen LogP contribution in [-0.2, 0) is 17.8 Å². The number of ether oxygens (including phenoxy) is 1. The fraction of sp³-hybridized carbons (Fsp3) is 0.280. The van der Waals surface area contributed by atoms with Gasteiger partial charge in [-0.15, -0.1) is 11.3 Å². The molecule has 7 nitrogen and oxygen atoms in total. The summed E-state index contributed by atoms with van der Waals surface area (Å²) in [5, 5.41) is 7.44. The summed E-state index contributed by atoms with van der Waals surface area (Å²) in [5.74, 6) is 0.405. The van der Waals surface area contributed by atoms with Crippen molar-refractivity contribution in [2.45, 2.75) is 39.0 Å². The Morgan fingerprint density at radius 2 is 2.15 bits per heavy atom. The quantitative estimate of drug-likeness (QED) is 0.327. The van der Waals surface area contributed by atoms with E-state index in [1.165, 1.54) is 22.8 Å². The molecule has 33 heavy (non-hydrogen) atoms. The molecule has 0 radical (unpaired) electrons. The largest absolute Gasteiger partial charge is 0.465 e. The molecule has 2 aliphatic rings. The van der Waals surface area contributed by atoms with E-state index in [0.29, 0.717) is 17.6 Å². The normalized spacial score (nSPS) is 18.0. The van der Waals surface area contributed by atoms with Gasteiger partial charge < -0.3 is 19.8 Å². The number of hydrogen-bond donors (Lipinski definition) is 2. The lowest BCUT2D eigenvalue weighted by molar-refractivity contribution is -0.128. The zero-order valence-corrected chi connectivity index (χ0v) is 19.3. The molecule has 1 atom stereocenters. The number of rotatable bonds is 5. The highest BCUT2D eigenvalue weighted by Crippen LogP contribution is 2.41. The molecule has 2 N–H and O–H groups in total. The molecule has 0 spiro atoms. The van der Waals surface area contributed by atoms with Crippen LogP contribution in [-0.4, -0.2) is 29.4 Å². The third-order valence-corrected chi connectivity index (χ3v) is 7.08. The van der Waals surface area contributed by atoms with Crippen molar-refractivity contribution in [1.29, 1.82) is 0 Å². The second-order valence-corrected chi connectivity index (χ2v) is 9.52. The Morgan fingerprint density at radius 3 is 2.94 bits per heavy atom. The highest BCUT2D eigenvalue weighted by atomic mass is 32.1. The first-order chi connectivity index (χ1) is 16.0. The van der Waals surface area contributed by atoms with Gasteiger partial charge in [0.05, 0.1) is 11.8 Å². The van der Waals surface area contributed by atoms with Crippen LogP contribution in [0.1, 0.15) is 52.1 Å². The van der Waals surface area contributed by atoms with E-state index in [1.807, 2.05) is 6.07 Å². The summed E-state index contributed by atoms with van der Waals surface area (Å²) >= 11 is 1.66. The van der Waals surface area contributed by atoms with Crippen LogP contribution in [0.5, 0.6) is 5.75 Å². The molecule has 0 fully saturated rings. The third kappa shape index (κ3) is 4.44. The first-order valence-corrected chi connectivity index (χ1v) is 11.8. The molecular weight excluding hydrogens is 438 g/mol. The van der Waals surface area contributed by atoms with Gasteiger partial charge in [0.1, 0.15) is 22.7 Å². The molecule has 1 unspecified atom stereocenters. The van der Waals surface area contributed by atoms with Crippen molar-refractivity contribution in [2.75, 3.05) is 11.9 Å². The predicted molar refractivity (Wildman–Crippen MR) is 127 cm³/mol. The lowest BCUT2D eigenvalue weighted by atomic mass is 9.99. The lowest BCUT2D eigenvalue weighted by Gasteiger charge is -2.31. The van der Waals surface area contributed by atoms with E-state index in [4.69, 9.17) is 9.15 Å². The van der Waals surface area contributed by atoms with Crippen molar-refractivity contribution < 1.29 is 18.7 Å². The highest BCUT2D eigenvalue weighted by Gasteiger charge is 2.33. The maximum Gasteiger partial charge on any atom is 0.336 e. The zero-order valence-electron chi connectivity index (χ0n) is 18.5. The maximum absolute atomic E-state index is 13.0. The van der Waals surface area contributed by atoms with Crippen molar-refractivity contribution in [2.24, 2.45) is 0 Å². The van der Waals surface area contributed by atoms with E-state index in [-0.39, 0.29) is 5.91 Å². The molecule has 3 aromatic rings. The van der Waals surface area contributed by atoms with Gasteiger partial charge in [-0.05, 0) is 61.7 Å². The zero-order chi connectivity index (χ0) is 22.9. The van der Waals surface area contributed by atoms with Gasteiger partial charge in [-0.25, -0.2) is 4.79 Å². The van der Waals surface area contributed by atoms with Gasteiger partial charge in [0.2, 0.25) is 0 Å². The number of thiophene rings is 1. The van der Waals surface area contributed by atoms with Gasteiger partial charge in [0, 0.05) is 30.1 Å². The Bertz CT molecular complexity index is 1210. The van der Waals surface area contributed by atoms with Crippen LogP contribution < -0.4 is 15.4 Å². The second-order valence-electron chi connectivity index (χ2n) is 8.42. The average molecular weight is 464 g/mol. The molecule has 4 heterocycles. The molecule has 8 heteroatoms. The van der Waals surface area contributed by atoms with Gasteiger partial charge >= 0.3 is 5.97 Å². The van der Waals surface area contributed by atoms with Gasteiger partial charge in [0.25, 0.3) is 5.91 Å². The van der Waals surface area contributed by atoms with Crippen LogP contribution in [0, 0.1) is 0 Å². The summed E-state index contributed by atoms with van der Waals surface area (Å²) in [7, 11) is 0. The average Bonchev–Trinajstić information content (AvgIpc) is 3.45. The Labute approximate surface area is 196 Å². The first-order valence-electron chi connectivity index (χ1n) is 11.0. The summed E-state index contributed by atoms with van der Waals surface area (Å²) in [5.41, 5.74) is 2.76. The Kier molecular flexibility index (Phi) is 5.78. The van der Waals surface area contributed by atoms with Crippen LogP contribution >= 0.6 is 11.3 Å². The van der Waals surface area contributed by atoms with Crippen molar-refractivity contribution >= 4 is 34.3 Å². The van der Waals surface area contributed by atoms with Gasteiger partial charge in [0.15, 0.2) is 0 Å². The number of hydrogen-bond acceptors (Lipinski definition) is 7. The van der Waals surface area contributed by atoms with E-state index in [9.17, 15) is 9.59 Å². The molecule has 0 saturated heterocycles. The summed E-state index contributed by atoms with van der Waals surface area (Å²) < 4.78 is 10.6. The smallest absolute Gasteiger partial charge is 0.336 e. The number of fused-ring (bicyclic) bond motifs is 3. The van der Waals surface area contributed by atoms with Crippen molar-refractivity contribution in [3.63, 3.8) is 0 Å². The standard InChI is InChI=1S/C25H25N3O4S/c1-15(2)28-11-10-19-20(14-28)33-25-22(19)24(30)26-23(27-25)16-5-3-6-18(13-16)32-21(29)9-8-17-7-4-12-31-17/h3-9,12-13,15,23,27H,10-11,14H2,1-2H3,(H,26,30). The maximum atomic E-state index is 13.0. The molecule has 170 valence electrons. The van der Waals surface area contributed by atoms with Crippen molar-refractivity contribution in [3.8, 4) is 5.75 Å². The number of anilines is 1. The predicted octanol–water partition coefficient (Wildman–Crippen LogP) is 4.58. The minimum Gasteiger partial charge on any atom is -0.465 e. The van der Waals surface area contributed by atoms with Crippen molar-refractivity contribution in [1.82, 2.24) is 10.2 Å². The third-order valence-electron chi connectivity index (χ3n) is 5.93. The molecule has 2 aliphatic heterocycles. The fourth-order valence-corrected chi connectivity index (χ4v) is 5.49. The van der Waals surface area contributed by atoms with E-state index in [0.717, 1.165) is 35.6 Å². The minimum absolute atomic E-state index is 0.0620. The summed E-state index contributed by atoms with van der Waals surface area (Å²) in [6.07, 6.45) is 4.89. The summed E-state index contributed by atoms with van der Waals surface area (Å²) in [6.45, 7) is 6.24. The molecule has 0 aliphatic carbocycles. The van der Waals surface area contributed by atoms with E-state index >= 15 is 0 Å². The van der Waals surface area contributed by atoms with Crippen molar-refractivity contribution in [3.05, 3.63) is 76.1 Å². The van der Waals surface area contributed by atoms with E-state index in [1.54, 1.807) is 47.7 Å². The number of amides is 1. The van der Waals surface area contributed by atoms with E-state index < -0.39 is 12.1 Å². The number of nitrogens with one attached hydrogen (secondary N) is 2. The van der Waals surface area contributed by atoms with Crippen LogP contribution in [0.4, 0.5) is 5.00 Å². The molecular formula is C25H25N3O4S. The van der Waals surface area contributed by atoms with Gasteiger partial charge in [-0.3, -0.25) is 9.69 Å². The molecule has 0 bridgehead atoms. The second kappa shape index (κ2) is 8.88. The number of furan rings is 1. The fourth-order valence-electron chi connectivity index (χ4n) is 4.19. The molecule has 1 aromatic carbocycles. The molecule has 0 saturated carbocycles. The van der Waals surface area contributed by atoms with E-state index in [2.05, 4.69) is 29.4 Å². The summed E-state index contributed by atoms with van der Waals surface area (Å²) in [4.78, 5) is 28.9. The number of benzene rings is 1. The van der Waals surface area contributed by atoms with Crippen LogP contribution in [0.3, 0.4) is 0 Å². The van der Waals surface area contributed by atoms with Crippen LogP contribution in [0.25, 0.3) is 6.08 Å². The number of carbonyl (C=O) groups excluding carboxylic acids is 2. The molecule has 2 aromatic heterocycles. The highest BCUT2D eigenvalue weighted by molar-refractivity contribution is 7.16. The monoisotopic (exact) mass is 463 g/mol. The number of nitrogens with zero attached hydrogens (tertiary/aromatic N) is 1. The Hall–Kier alpha value is -3.36. The molecule has 5 rings (SSSR count). The minimum atomic E-state index is -0.507. The lowest BCUT2D eigenvalue weighted by Crippen LogP contribution is -2.39. The SMILES string of the molecule is CC(C)N1CCc2c(sc3c2C(=O)NC(c2cccc(OC(=O)C=Cc4ccco4)c2)N3)C1. The number of carbonyl (C=O) groups is 2. The molecule has 1 amide bonds. The van der Waals surface area contributed by atoms with Crippen LogP contribution in [0.15, 0.2) is 53.2 Å². The van der Waals surface area contributed by atoms with Gasteiger partial charge in [-0.1, -0.05) is 12.1 Å². The number of esters is 1. The summed E-state index contributed by atoms with van der Waals surface area (Å²) in [6, 6.07) is 11.1. The Balaban J connectivity index is 1.31. The van der Waals surface area contributed by atoms with Crippen LogP contribution in [0.2, 0.25) is 0 Å². The first kappa shape index (κ1) is 21.5. The van der Waals surface area contributed by atoms with Gasteiger partial charge in [-0.2, -0.15) is 0 Å². The topological polar surface area (TPSA) is 83.8 Å². The Morgan fingerprint density at radius 1 is 1.27 bits per heavy atom.